The van der Waals surface area contributed by atoms with Gasteiger partial charge in [-0.1, -0.05) is 139 Å². The van der Waals surface area contributed by atoms with Crippen molar-refractivity contribution in [2.75, 3.05) is 4.90 Å². The maximum Gasteiger partial charge on any atom is 0.0543 e. The molecule has 0 fully saturated rings. The summed E-state index contributed by atoms with van der Waals surface area (Å²) in [4.78, 5) is 2.63. The Bertz CT molecular complexity index is 2320. The van der Waals surface area contributed by atoms with Gasteiger partial charge >= 0.3 is 0 Å². The van der Waals surface area contributed by atoms with Crippen LogP contribution in [0.3, 0.4) is 0 Å². The van der Waals surface area contributed by atoms with Crippen LogP contribution in [0.2, 0.25) is 0 Å². The van der Waals surface area contributed by atoms with Gasteiger partial charge in [-0.2, -0.15) is 0 Å². The Morgan fingerprint density at radius 2 is 1.12 bits per heavy atom. The Labute approximate surface area is 311 Å². The van der Waals surface area contributed by atoms with Gasteiger partial charge in [0.1, 0.15) is 0 Å². The second-order valence-corrected chi connectivity index (χ2v) is 17.5. The molecule has 0 saturated carbocycles. The highest BCUT2D eigenvalue weighted by atomic mass is 15.1. The van der Waals surface area contributed by atoms with E-state index >= 15 is 0 Å². The largest absolute Gasteiger partial charge is 0.310 e. The number of anilines is 3. The molecule has 0 radical (unpaired) electrons. The smallest absolute Gasteiger partial charge is 0.0543 e. The molecule has 6 aromatic rings. The average molecular weight is 678 g/mol. The molecule has 1 heteroatoms. The van der Waals surface area contributed by atoms with Crippen molar-refractivity contribution >= 4 is 17.1 Å². The van der Waals surface area contributed by atoms with Crippen LogP contribution in [0.1, 0.15) is 101 Å². The molecule has 1 nitrogen and oxygen atoms in total. The van der Waals surface area contributed by atoms with Crippen molar-refractivity contribution in [2.45, 2.75) is 96.3 Å². The molecule has 6 aromatic carbocycles. The Balaban J connectivity index is 1.37. The Morgan fingerprint density at radius 3 is 1.92 bits per heavy atom. The number of aryl methyl sites for hydroxylation is 1. The van der Waals surface area contributed by atoms with Crippen LogP contribution in [0.4, 0.5) is 17.1 Å². The minimum absolute atomic E-state index is 0.0585. The van der Waals surface area contributed by atoms with Gasteiger partial charge in [0.25, 0.3) is 0 Å². The highest BCUT2D eigenvalue weighted by Gasteiger charge is 2.41. The van der Waals surface area contributed by atoms with E-state index in [4.69, 9.17) is 0 Å². The van der Waals surface area contributed by atoms with Crippen LogP contribution in [0, 0.1) is 0 Å². The van der Waals surface area contributed by atoms with Crippen LogP contribution in [-0.2, 0) is 29.1 Å². The number of rotatable bonds is 5. The predicted molar refractivity (Wildman–Crippen MR) is 221 cm³/mol. The first kappa shape index (κ1) is 33.0. The van der Waals surface area contributed by atoms with Gasteiger partial charge in [-0.3, -0.25) is 0 Å². The Hall–Kier alpha value is -4.88. The molecule has 260 valence electrons. The minimum Gasteiger partial charge on any atom is -0.310 e. The molecule has 0 unspecified atom stereocenters. The molecule has 52 heavy (non-hydrogen) atoms. The SMILES string of the molecule is CC1(C)CCC(C)(C)c2c(-c3cc4c(cc3N(c3ccc(-c5ccccc5)cc3)c3cccc5c3CCCC5)C(C)(C)c3ccccc3-4)cccc21. The zero-order valence-electron chi connectivity index (χ0n) is 31.8. The number of hydrogen-bond donors (Lipinski definition) is 0. The molecule has 9 rings (SSSR count). The molecule has 0 bridgehead atoms. The fraction of sp³-hybridized carbons (Fsp3) is 0.294. The highest BCUT2D eigenvalue weighted by molar-refractivity contribution is 5.96. The van der Waals surface area contributed by atoms with Crippen molar-refractivity contribution in [1.82, 2.24) is 0 Å². The van der Waals surface area contributed by atoms with Gasteiger partial charge in [0.2, 0.25) is 0 Å². The molecule has 3 aliphatic carbocycles. The molecular formula is C51H51N. The minimum atomic E-state index is -0.116. The van der Waals surface area contributed by atoms with E-state index in [9.17, 15) is 0 Å². The molecule has 0 aromatic heterocycles. The quantitative estimate of drug-likeness (QED) is 0.176. The van der Waals surface area contributed by atoms with Crippen molar-refractivity contribution in [3.05, 3.63) is 161 Å². The fourth-order valence-corrected chi connectivity index (χ4v) is 9.90. The Morgan fingerprint density at radius 1 is 0.462 bits per heavy atom. The van der Waals surface area contributed by atoms with Crippen molar-refractivity contribution in [3.63, 3.8) is 0 Å². The van der Waals surface area contributed by atoms with Crippen molar-refractivity contribution in [1.29, 1.82) is 0 Å². The fourth-order valence-electron chi connectivity index (χ4n) is 9.90. The number of nitrogens with zero attached hydrogens (tertiary/aromatic N) is 1. The normalized spacial score (nSPS) is 17.4. The van der Waals surface area contributed by atoms with Gasteiger partial charge in [0, 0.05) is 22.4 Å². The first-order chi connectivity index (χ1) is 25.0. The number of benzene rings is 6. The lowest BCUT2D eigenvalue weighted by atomic mass is 9.61. The third-order valence-electron chi connectivity index (χ3n) is 12.9. The maximum atomic E-state index is 2.63. The second kappa shape index (κ2) is 12.1. The van der Waals surface area contributed by atoms with Crippen LogP contribution < -0.4 is 4.90 Å². The van der Waals surface area contributed by atoms with Crippen molar-refractivity contribution < 1.29 is 0 Å². The van der Waals surface area contributed by atoms with Crippen molar-refractivity contribution in [2.24, 2.45) is 0 Å². The summed E-state index contributed by atoms with van der Waals surface area (Å²) >= 11 is 0. The molecule has 0 saturated heterocycles. The van der Waals surface area contributed by atoms with Gasteiger partial charge in [-0.25, -0.2) is 0 Å². The number of hydrogen-bond acceptors (Lipinski definition) is 1. The summed E-state index contributed by atoms with van der Waals surface area (Å²) < 4.78 is 0. The monoisotopic (exact) mass is 677 g/mol. The lowest BCUT2D eigenvalue weighted by Crippen LogP contribution is -2.34. The molecule has 0 atom stereocenters. The van der Waals surface area contributed by atoms with E-state index in [1.807, 2.05) is 0 Å². The molecular weight excluding hydrogens is 627 g/mol. The zero-order chi connectivity index (χ0) is 35.8. The molecule has 0 spiro atoms. The average Bonchev–Trinajstić information content (AvgIpc) is 3.39. The summed E-state index contributed by atoms with van der Waals surface area (Å²) in [5.74, 6) is 0. The maximum absolute atomic E-state index is 2.63. The first-order valence-corrected chi connectivity index (χ1v) is 19.5. The summed E-state index contributed by atoms with van der Waals surface area (Å²) in [7, 11) is 0. The second-order valence-electron chi connectivity index (χ2n) is 17.5. The van der Waals surface area contributed by atoms with E-state index in [1.165, 1.54) is 110 Å². The van der Waals surface area contributed by atoms with Crippen LogP contribution in [0.15, 0.2) is 127 Å². The Kier molecular flexibility index (Phi) is 7.67. The lowest BCUT2D eigenvalue weighted by molar-refractivity contribution is 0.333. The summed E-state index contributed by atoms with van der Waals surface area (Å²) in [6.07, 6.45) is 7.14. The molecule has 0 N–H and O–H groups in total. The van der Waals surface area contributed by atoms with Gasteiger partial charge < -0.3 is 4.90 Å². The van der Waals surface area contributed by atoms with Gasteiger partial charge in [0.15, 0.2) is 0 Å². The summed E-state index contributed by atoms with van der Waals surface area (Å²) in [6, 6.07) is 48.6. The van der Waals surface area contributed by atoms with Gasteiger partial charge in [0.05, 0.1) is 5.69 Å². The third kappa shape index (κ3) is 5.19. The van der Waals surface area contributed by atoms with E-state index in [2.05, 4.69) is 174 Å². The van der Waals surface area contributed by atoms with Crippen LogP contribution in [-0.4, -0.2) is 0 Å². The number of fused-ring (bicyclic) bond motifs is 5. The topological polar surface area (TPSA) is 3.24 Å². The summed E-state index contributed by atoms with van der Waals surface area (Å²) in [5, 5.41) is 0. The van der Waals surface area contributed by atoms with Crippen molar-refractivity contribution in [3.8, 4) is 33.4 Å². The lowest BCUT2D eigenvalue weighted by Gasteiger charge is -2.43. The third-order valence-corrected chi connectivity index (χ3v) is 12.9. The van der Waals surface area contributed by atoms with E-state index in [1.54, 1.807) is 0 Å². The predicted octanol–water partition coefficient (Wildman–Crippen LogP) is 14.0. The van der Waals surface area contributed by atoms with Gasteiger partial charge in [-0.05, 0) is 141 Å². The summed E-state index contributed by atoms with van der Waals surface area (Å²) in [6.45, 7) is 14.7. The van der Waals surface area contributed by atoms with Gasteiger partial charge in [-0.15, -0.1) is 0 Å². The molecule has 0 aliphatic heterocycles. The first-order valence-electron chi connectivity index (χ1n) is 19.5. The highest BCUT2D eigenvalue weighted by Crippen LogP contribution is 2.56. The van der Waals surface area contributed by atoms with E-state index in [0.29, 0.717) is 0 Å². The van der Waals surface area contributed by atoms with Crippen LogP contribution >= 0.6 is 0 Å². The standard InChI is InChI=1S/C51H51N/c1-49(2)30-31-50(3,4)48-40(22-15-24-44(48)49)42-32-41-39-21-12-13-23-43(39)51(5,6)45(41)33-47(42)52(46-25-14-19-36-18-10-11-20-38(36)46)37-28-26-35(27-29-37)34-16-8-7-9-17-34/h7-9,12-17,19,21-29,32-33H,10-11,18,20,30-31H2,1-6H3. The molecule has 0 heterocycles. The van der Waals surface area contributed by atoms with E-state index in [0.717, 1.165) is 12.8 Å². The summed E-state index contributed by atoms with van der Waals surface area (Å²) in [5.41, 5.74) is 20.7. The zero-order valence-corrected chi connectivity index (χ0v) is 31.8. The van der Waals surface area contributed by atoms with E-state index in [-0.39, 0.29) is 16.2 Å². The van der Waals surface area contributed by atoms with E-state index < -0.39 is 0 Å². The van der Waals surface area contributed by atoms with Crippen LogP contribution in [0.25, 0.3) is 33.4 Å². The van der Waals surface area contributed by atoms with Crippen LogP contribution in [0.5, 0.6) is 0 Å². The molecule has 0 amide bonds. The molecule has 3 aliphatic rings.